The second-order valence-electron chi connectivity index (χ2n) is 5.01. The van der Waals surface area contributed by atoms with Crippen LogP contribution in [-0.4, -0.2) is 20.8 Å². The molecule has 0 saturated carbocycles. The highest BCUT2D eigenvalue weighted by Crippen LogP contribution is 2.31. The van der Waals surface area contributed by atoms with Crippen molar-refractivity contribution in [3.8, 4) is 11.5 Å². The Morgan fingerprint density at radius 1 is 1.00 bits per heavy atom. The molecule has 0 fully saturated rings. The van der Waals surface area contributed by atoms with Crippen LogP contribution in [0.4, 0.5) is 0 Å². The minimum absolute atomic E-state index is 0.108. The molecule has 0 aromatic heterocycles. The third-order valence-corrected chi connectivity index (χ3v) is 3.56. The van der Waals surface area contributed by atoms with Gasteiger partial charge in [-0.25, -0.2) is 0 Å². The molecule has 0 heterocycles. The third-order valence-electron chi connectivity index (χ3n) is 3.56. The number of hydrogen-bond acceptors (Lipinski definition) is 3. The largest absolute Gasteiger partial charge is 0.497 e. The summed E-state index contributed by atoms with van der Waals surface area (Å²) in [6, 6.07) is 14.6. The van der Waals surface area contributed by atoms with Crippen LogP contribution < -0.4 is 14.8 Å². The van der Waals surface area contributed by atoms with Gasteiger partial charge in [0, 0.05) is 5.56 Å². The second-order valence-corrected chi connectivity index (χ2v) is 5.01. The van der Waals surface area contributed by atoms with E-state index in [4.69, 9.17) is 9.47 Å². The van der Waals surface area contributed by atoms with E-state index in [1.54, 1.807) is 14.2 Å². The summed E-state index contributed by atoms with van der Waals surface area (Å²) in [5.41, 5.74) is 3.54. The molecular formula is C18H23NO2. The SMILES string of the molecule is CCNC(c1ccc(OC)cc1)c1ccc(C)cc1OC. The number of aryl methyl sites for hydroxylation is 1. The van der Waals surface area contributed by atoms with Gasteiger partial charge in [0.25, 0.3) is 0 Å². The average Bonchev–Trinajstić information content (AvgIpc) is 2.53. The van der Waals surface area contributed by atoms with Gasteiger partial charge in [-0.1, -0.05) is 31.2 Å². The molecule has 1 atom stereocenters. The summed E-state index contributed by atoms with van der Waals surface area (Å²) in [4.78, 5) is 0. The minimum Gasteiger partial charge on any atom is -0.497 e. The summed E-state index contributed by atoms with van der Waals surface area (Å²) in [6.07, 6.45) is 0. The van der Waals surface area contributed by atoms with Gasteiger partial charge >= 0.3 is 0 Å². The van der Waals surface area contributed by atoms with Crippen LogP contribution in [0.25, 0.3) is 0 Å². The Balaban J connectivity index is 2.42. The highest BCUT2D eigenvalue weighted by molar-refractivity contribution is 5.44. The van der Waals surface area contributed by atoms with E-state index in [0.29, 0.717) is 0 Å². The first-order chi connectivity index (χ1) is 10.2. The van der Waals surface area contributed by atoms with Gasteiger partial charge in [-0.05, 0) is 42.8 Å². The van der Waals surface area contributed by atoms with Crippen LogP contribution in [0.2, 0.25) is 0 Å². The lowest BCUT2D eigenvalue weighted by Crippen LogP contribution is -2.22. The number of hydrogen-bond donors (Lipinski definition) is 1. The van der Waals surface area contributed by atoms with Crippen LogP contribution in [0.3, 0.4) is 0 Å². The van der Waals surface area contributed by atoms with Crippen molar-refractivity contribution < 1.29 is 9.47 Å². The Bertz CT molecular complexity index is 578. The lowest BCUT2D eigenvalue weighted by atomic mass is 9.96. The molecule has 0 radical (unpaired) electrons. The minimum atomic E-state index is 0.108. The van der Waals surface area contributed by atoms with Gasteiger partial charge in [0.05, 0.1) is 20.3 Å². The molecule has 0 spiro atoms. The van der Waals surface area contributed by atoms with E-state index in [1.807, 2.05) is 12.1 Å². The Morgan fingerprint density at radius 3 is 2.29 bits per heavy atom. The van der Waals surface area contributed by atoms with Crippen molar-refractivity contribution in [1.29, 1.82) is 0 Å². The van der Waals surface area contributed by atoms with Gasteiger partial charge in [0.1, 0.15) is 11.5 Å². The highest BCUT2D eigenvalue weighted by Gasteiger charge is 2.17. The molecule has 0 bridgehead atoms. The number of nitrogens with one attached hydrogen (secondary N) is 1. The van der Waals surface area contributed by atoms with Gasteiger partial charge < -0.3 is 14.8 Å². The van der Waals surface area contributed by atoms with Crippen molar-refractivity contribution in [1.82, 2.24) is 5.32 Å². The molecule has 2 aromatic rings. The van der Waals surface area contributed by atoms with E-state index in [-0.39, 0.29) is 6.04 Å². The Labute approximate surface area is 126 Å². The predicted octanol–water partition coefficient (Wildman–Crippen LogP) is 3.71. The zero-order valence-electron chi connectivity index (χ0n) is 13.1. The molecule has 21 heavy (non-hydrogen) atoms. The first-order valence-electron chi connectivity index (χ1n) is 7.21. The fourth-order valence-electron chi connectivity index (χ4n) is 2.46. The molecule has 0 saturated heterocycles. The van der Waals surface area contributed by atoms with E-state index in [2.05, 4.69) is 49.5 Å². The zero-order chi connectivity index (χ0) is 15.2. The number of methoxy groups -OCH3 is 2. The number of ether oxygens (including phenoxy) is 2. The van der Waals surface area contributed by atoms with Crippen molar-refractivity contribution in [2.24, 2.45) is 0 Å². The molecule has 0 amide bonds. The standard InChI is InChI=1S/C18H23NO2/c1-5-19-18(14-7-9-15(20-3)10-8-14)16-11-6-13(2)12-17(16)21-4/h6-12,18-19H,5H2,1-4H3. The summed E-state index contributed by atoms with van der Waals surface area (Å²) < 4.78 is 10.8. The Kier molecular flexibility index (Phi) is 5.23. The Morgan fingerprint density at radius 2 is 1.71 bits per heavy atom. The van der Waals surface area contributed by atoms with Crippen LogP contribution in [0.5, 0.6) is 11.5 Å². The lowest BCUT2D eigenvalue weighted by molar-refractivity contribution is 0.403. The van der Waals surface area contributed by atoms with Crippen molar-refractivity contribution in [2.45, 2.75) is 19.9 Å². The van der Waals surface area contributed by atoms with Crippen LogP contribution in [-0.2, 0) is 0 Å². The van der Waals surface area contributed by atoms with Gasteiger partial charge in [-0.15, -0.1) is 0 Å². The van der Waals surface area contributed by atoms with E-state index in [9.17, 15) is 0 Å². The normalized spacial score (nSPS) is 12.0. The monoisotopic (exact) mass is 285 g/mol. The van der Waals surface area contributed by atoms with E-state index >= 15 is 0 Å². The number of rotatable bonds is 6. The maximum atomic E-state index is 5.56. The van der Waals surface area contributed by atoms with Gasteiger partial charge in [0.2, 0.25) is 0 Å². The van der Waals surface area contributed by atoms with Crippen LogP contribution in [0.1, 0.15) is 29.7 Å². The quantitative estimate of drug-likeness (QED) is 0.877. The molecular weight excluding hydrogens is 262 g/mol. The Hall–Kier alpha value is -2.00. The van der Waals surface area contributed by atoms with E-state index in [0.717, 1.165) is 23.6 Å². The smallest absolute Gasteiger partial charge is 0.124 e. The van der Waals surface area contributed by atoms with Crippen molar-refractivity contribution in [3.05, 3.63) is 59.2 Å². The second kappa shape index (κ2) is 7.14. The van der Waals surface area contributed by atoms with E-state index in [1.165, 1.54) is 11.1 Å². The van der Waals surface area contributed by atoms with Gasteiger partial charge in [-0.3, -0.25) is 0 Å². The van der Waals surface area contributed by atoms with Gasteiger partial charge in [-0.2, -0.15) is 0 Å². The summed E-state index contributed by atoms with van der Waals surface area (Å²) >= 11 is 0. The van der Waals surface area contributed by atoms with Crippen LogP contribution in [0.15, 0.2) is 42.5 Å². The fraction of sp³-hybridized carbons (Fsp3) is 0.333. The summed E-state index contributed by atoms with van der Waals surface area (Å²) in [7, 11) is 3.40. The van der Waals surface area contributed by atoms with Crippen LogP contribution in [0, 0.1) is 6.92 Å². The molecule has 0 aliphatic heterocycles. The maximum Gasteiger partial charge on any atom is 0.124 e. The molecule has 2 rings (SSSR count). The zero-order valence-corrected chi connectivity index (χ0v) is 13.1. The number of benzene rings is 2. The molecule has 3 heteroatoms. The van der Waals surface area contributed by atoms with Gasteiger partial charge in [0.15, 0.2) is 0 Å². The topological polar surface area (TPSA) is 30.5 Å². The first-order valence-corrected chi connectivity index (χ1v) is 7.21. The molecule has 0 aliphatic rings. The highest BCUT2D eigenvalue weighted by atomic mass is 16.5. The molecule has 3 nitrogen and oxygen atoms in total. The molecule has 0 aliphatic carbocycles. The van der Waals surface area contributed by atoms with Crippen molar-refractivity contribution in [2.75, 3.05) is 20.8 Å². The summed E-state index contributed by atoms with van der Waals surface area (Å²) in [6.45, 7) is 5.06. The van der Waals surface area contributed by atoms with E-state index < -0.39 is 0 Å². The van der Waals surface area contributed by atoms with Crippen LogP contribution >= 0.6 is 0 Å². The fourth-order valence-corrected chi connectivity index (χ4v) is 2.46. The van der Waals surface area contributed by atoms with Crippen molar-refractivity contribution in [3.63, 3.8) is 0 Å². The predicted molar refractivity (Wildman–Crippen MR) is 86.2 cm³/mol. The summed E-state index contributed by atoms with van der Waals surface area (Å²) in [5, 5.41) is 3.53. The molecule has 2 aromatic carbocycles. The maximum absolute atomic E-state index is 5.56. The molecule has 1 unspecified atom stereocenters. The third kappa shape index (κ3) is 3.56. The molecule has 112 valence electrons. The first kappa shape index (κ1) is 15.4. The molecule has 1 N–H and O–H groups in total. The average molecular weight is 285 g/mol. The lowest BCUT2D eigenvalue weighted by Gasteiger charge is -2.22. The van der Waals surface area contributed by atoms with Crippen molar-refractivity contribution >= 4 is 0 Å². The summed E-state index contributed by atoms with van der Waals surface area (Å²) in [5.74, 6) is 1.78.